The van der Waals surface area contributed by atoms with Crippen LogP contribution in [0.1, 0.15) is 37.1 Å². The molecule has 0 bridgehead atoms. The van der Waals surface area contributed by atoms with Crippen LogP contribution in [0.3, 0.4) is 0 Å². The van der Waals surface area contributed by atoms with Crippen molar-refractivity contribution in [2.75, 3.05) is 5.75 Å². The highest BCUT2D eigenvalue weighted by Crippen LogP contribution is 2.25. The van der Waals surface area contributed by atoms with E-state index in [0.717, 1.165) is 25.7 Å². The number of nitrogens with zero attached hydrogens (tertiary/aromatic N) is 2. The van der Waals surface area contributed by atoms with Gasteiger partial charge >= 0.3 is 0 Å². The Morgan fingerprint density at radius 2 is 2.08 bits per heavy atom. The molecule has 5 nitrogen and oxygen atoms in total. The average Bonchev–Trinajstić information content (AvgIpc) is 3.17. The van der Waals surface area contributed by atoms with E-state index >= 15 is 0 Å². The number of nitrogens with one attached hydrogen (secondary N) is 1. The zero-order valence-corrected chi connectivity index (χ0v) is 14.5. The molecule has 0 atom stereocenters. The average molecular weight is 351 g/mol. The van der Waals surface area contributed by atoms with Gasteiger partial charge in [0, 0.05) is 18.9 Å². The maximum atomic E-state index is 14.3. The van der Waals surface area contributed by atoms with Crippen molar-refractivity contribution < 1.29 is 12.8 Å². The molecule has 1 aliphatic rings. The number of aryl methyl sites for hydroxylation is 1. The molecule has 0 aliphatic heterocycles. The molecule has 7 heteroatoms. The number of rotatable bonds is 6. The second kappa shape index (κ2) is 7.03. The molecule has 2 aromatic rings. The van der Waals surface area contributed by atoms with Gasteiger partial charge in [-0.05, 0) is 43.4 Å². The lowest BCUT2D eigenvalue weighted by atomic mass is 10.1. The number of hydrogen-bond donors (Lipinski definition) is 1. The summed E-state index contributed by atoms with van der Waals surface area (Å²) in [6.07, 6.45) is 7.49. The smallest absolute Gasteiger partial charge is 0.212 e. The molecule has 3 rings (SSSR count). The summed E-state index contributed by atoms with van der Waals surface area (Å²) in [5, 5.41) is 0. The van der Waals surface area contributed by atoms with Gasteiger partial charge in [-0.3, -0.25) is 0 Å². The van der Waals surface area contributed by atoms with E-state index < -0.39 is 15.8 Å². The van der Waals surface area contributed by atoms with Crippen molar-refractivity contribution in [2.45, 2.75) is 39.2 Å². The fourth-order valence-electron chi connectivity index (χ4n) is 3.23. The maximum absolute atomic E-state index is 14.3. The predicted octanol–water partition coefficient (Wildman–Crippen LogP) is 2.93. The Labute approximate surface area is 142 Å². The van der Waals surface area contributed by atoms with Crippen molar-refractivity contribution in [1.29, 1.82) is 0 Å². The normalized spacial score (nSPS) is 15.9. The van der Waals surface area contributed by atoms with E-state index in [2.05, 4.69) is 9.71 Å². The van der Waals surface area contributed by atoms with Crippen LogP contribution >= 0.6 is 0 Å². The van der Waals surface area contributed by atoms with Crippen molar-refractivity contribution in [2.24, 2.45) is 5.92 Å². The molecule has 0 spiro atoms. The highest BCUT2D eigenvalue weighted by Gasteiger charge is 2.22. The first-order valence-corrected chi connectivity index (χ1v) is 9.86. The zero-order valence-electron chi connectivity index (χ0n) is 13.7. The molecule has 1 aromatic carbocycles. The maximum Gasteiger partial charge on any atom is 0.212 e. The Bertz CT molecular complexity index is 811. The van der Waals surface area contributed by atoms with E-state index in [0.29, 0.717) is 17.1 Å². The van der Waals surface area contributed by atoms with Gasteiger partial charge in [0.1, 0.15) is 11.6 Å². The molecule has 0 amide bonds. The third kappa shape index (κ3) is 4.02. The van der Waals surface area contributed by atoms with E-state index in [4.69, 9.17) is 0 Å². The summed E-state index contributed by atoms with van der Waals surface area (Å²) >= 11 is 0. The predicted molar refractivity (Wildman–Crippen MR) is 90.8 cm³/mol. The van der Waals surface area contributed by atoms with Crippen LogP contribution in [0.25, 0.3) is 5.69 Å². The zero-order chi connectivity index (χ0) is 17.2. The summed E-state index contributed by atoms with van der Waals surface area (Å²) in [4.78, 5) is 4.08. The van der Waals surface area contributed by atoms with Gasteiger partial charge in [0.2, 0.25) is 10.0 Å². The minimum Gasteiger partial charge on any atom is -0.301 e. The molecule has 1 heterocycles. The van der Waals surface area contributed by atoms with Crippen LogP contribution in [-0.2, 0) is 16.6 Å². The van der Waals surface area contributed by atoms with Gasteiger partial charge < -0.3 is 4.57 Å². The van der Waals surface area contributed by atoms with Crippen molar-refractivity contribution in [1.82, 2.24) is 14.3 Å². The van der Waals surface area contributed by atoms with Gasteiger partial charge in [-0.2, -0.15) is 0 Å². The number of benzene rings is 1. The minimum absolute atomic E-state index is 0.106. The number of halogens is 1. The van der Waals surface area contributed by atoms with E-state index in [1.165, 1.54) is 6.07 Å². The van der Waals surface area contributed by atoms with Crippen molar-refractivity contribution >= 4 is 10.0 Å². The van der Waals surface area contributed by atoms with Gasteiger partial charge in [-0.15, -0.1) is 0 Å². The lowest BCUT2D eigenvalue weighted by Crippen LogP contribution is -2.28. The quantitative estimate of drug-likeness (QED) is 0.870. The first-order valence-electron chi connectivity index (χ1n) is 8.21. The Morgan fingerprint density at radius 3 is 2.71 bits per heavy atom. The molecule has 1 aliphatic carbocycles. The van der Waals surface area contributed by atoms with Crippen LogP contribution in [0.5, 0.6) is 0 Å². The summed E-state index contributed by atoms with van der Waals surface area (Å²) in [5.41, 5.74) is 1.01. The van der Waals surface area contributed by atoms with Crippen molar-refractivity contribution in [3.05, 3.63) is 47.8 Å². The molecule has 0 unspecified atom stereocenters. The Balaban J connectivity index is 1.65. The van der Waals surface area contributed by atoms with Crippen LogP contribution in [0, 0.1) is 18.7 Å². The minimum atomic E-state index is -3.32. The molecule has 1 aromatic heterocycles. The van der Waals surface area contributed by atoms with Crippen LogP contribution in [0.4, 0.5) is 4.39 Å². The topological polar surface area (TPSA) is 64.0 Å². The SMILES string of the molecule is Cc1nccn1-c1ccc(CNS(=O)(=O)CC2CCCC2)cc1F. The lowest BCUT2D eigenvalue weighted by molar-refractivity contribution is 0.547. The second-order valence-corrected chi connectivity index (χ2v) is 8.23. The summed E-state index contributed by atoms with van der Waals surface area (Å²) in [6, 6.07) is 4.74. The summed E-state index contributed by atoms with van der Waals surface area (Å²) in [5.74, 6) is 0.718. The molecular weight excluding hydrogens is 329 g/mol. The summed E-state index contributed by atoms with van der Waals surface area (Å²) in [6.45, 7) is 1.90. The van der Waals surface area contributed by atoms with Gasteiger partial charge in [0.25, 0.3) is 0 Å². The number of imidazole rings is 1. The van der Waals surface area contributed by atoms with Gasteiger partial charge in [0.15, 0.2) is 0 Å². The number of hydrogen-bond acceptors (Lipinski definition) is 3. The van der Waals surface area contributed by atoms with Crippen LogP contribution in [0.15, 0.2) is 30.6 Å². The van der Waals surface area contributed by atoms with E-state index in [9.17, 15) is 12.8 Å². The van der Waals surface area contributed by atoms with E-state index in [1.807, 2.05) is 0 Å². The second-order valence-electron chi connectivity index (χ2n) is 6.38. The van der Waals surface area contributed by atoms with Gasteiger partial charge in [-0.1, -0.05) is 18.9 Å². The van der Waals surface area contributed by atoms with Crippen LogP contribution in [0.2, 0.25) is 0 Å². The largest absolute Gasteiger partial charge is 0.301 e. The van der Waals surface area contributed by atoms with Crippen LogP contribution in [-0.4, -0.2) is 23.7 Å². The molecular formula is C17H22FN3O2S. The summed E-state index contributed by atoms with van der Waals surface area (Å²) in [7, 11) is -3.32. The van der Waals surface area contributed by atoms with Crippen molar-refractivity contribution in [3.63, 3.8) is 0 Å². The first-order chi connectivity index (χ1) is 11.4. The molecule has 0 radical (unpaired) electrons. The lowest BCUT2D eigenvalue weighted by Gasteiger charge is -2.12. The standard InChI is InChI=1S/C17H22FN3O2S/c1-13-19-8-9-21(13)17-7-6-15(10-16(17)18)11-20-24(22,23)12-14-4-2-3-5-14/h6-10,14,20H,2-5,11-12H2,1H3. The third-order valence-electron chi connectivity index (χ3n) is 4.52. The fraction of sp³-hybridized carbons (Fsp3) is 0.471. The molecule has 130 valence electrons. The van der Waals surface area contributed by atoms with E-state index in [-0.39, 0.29) is 18.2 Å². The number of sulfonamides is 1. The van der Waals surface area contributed by atoms with Crippen LogP contribution < -0.4 is 4.72 Å². The molecule has 1 saturated carbocycles. The molecule has 24 heavy (non-hydrogen) atoms. The highest BCUT2D eigenvalue weighted by atomic mass is 32.2. The number of aromatic nitrogens is 2. The Hall–Kier alpha value is -1.73. The fourth-order valence-corrected chi connectivity index (χ4v) is 4.69. The summed E-state index contributed by atoms with van der Waals surface area (Å²) < 4.78 is 42.8. The third-order valence-corrected chi connectivity index (χ3v) is 6.02. The molecule has 1 fully saturated rings. The monoisotopic (exact) mass is 351 g/mol. The van der Waals surface area contributed by atoms with Gasteiger partial charge in [-0.25, -0.2) is 22.5 Å². The first kappa shape index (κ1) is 17.1. The van der Waals surface area contributed by atoms with Gasteiger partial charge in [0.05, 0.1) is 11.4 Å². The Kier molecular flexibility index (Phi) is 5.01. The highest BCUT2D eigenvalue weighted by molar-refractivity contribution is 7.89. The molecule has 1 N–H and O–H groups in total. The Morgan fingerprint density at radius 1 is 1.33 bits per heavy atom. The van der Waals surface area contributed by atoms with Crippen molar-refractivity contribution in [3.8, 4) is 5.69 Å². The van der Waals surface area contributed by atoms with E-state index in [1.54, 1.807) is 36.0 Å². The molecule has 0 saturated heterocycles.